The third-order valence-corrected chi connectivity index (χ3v) is 4.53. The minimum absolute atomic E-state index is 0.163. The first-order valence-electron chi connectivity index (χ1n) is 9.29. The van der Waals surface area contributed by atoms with E-state index in [4.69, 9.17) is 9.47 Å². The smallest absolute Gasteiger partial charge is 0.339 e. The average Bonchev–Trinajstić information content (AvgIpc) is 2.76. The summed E-state index contributed by atoms with van der Waals surface area (Å²) in [5.74, 6) is -0.849. The zero-order valence-corrected chi connectivity index (χ0v) is 16.4. The fourth-order valence-electron chi connectivity index (χ4n) is 3.09. The van der Waals surface area contributed by atoms with E-state index in [1.807, 2.05) is 73.7 Å². The lowest BCUT2D eigenvalue weighted by atomic mass is 10.0. The summed E-state index contributed by atoms with van der Waals surface area (Å²) >= 11 is 0. The second-order valence-electron chi connectivity index (χ2n) is 6.55. The summed E-state index contributed by atoms with van der Waals surface area (Å²) in [7, 11) is 1.31. The summed E-state index contributed by atoms with van der Waals surface area (Å²) in [5.41, 5.74) is 3.42. The van der Waals surface area contributed by atoms with Crippen molar-refractivity contribution in [1.29, 1.82) is 0 Å². The molecule has 0 unspecified atom stereocenters. The molecule has 3 aromatic carbocycles. The Labute approximate surface area is 170 Å². The fraction of sp³-hybridized carbons (Fsp3) is 0.167. The Bertz CT molecular complexity index is 931. The summed E-state index contributed by atoms with van der Waals surface area (Å²) in [4.78, 5) is 24.6. The van der Waals surface area contributed by atoms with Crippen LogP contribution in [0.1, 0.15) is 33.2 Å². The Morgan fingerprint density at radius 2 is 1.45 bits per heavy atom. The Morgan fingerprint density at radius 3 is 2.00 bits per heavy atom. The first kappa shape index (κ1) is 20.3. The van der Waals surface area contributed by atoms with E-state index in [1.165, 1.54) is 7.11 Å². The highest BCUT2D eigenvalue weighted by Gasteiger charge is 2.19. The minimum atomic E-state index is -0.503. The molecule has 0 aliphatic heterocycles. The van der Waals surface area contributed by atoms with Crippen molar-refractivity contribution in [1.82, 2.24) is 0 Å². The van der Waals surface area contributed by atoms with Crippen molar-refractivity contribution in [3.63, 3.8) is 0 Å². The normalized spacial score (nSPS) is 10.6. The number of amides is 1. The van der Waals surface area contributed by atoms with E-state index in [1.54, 1.807) is 12.1 Å². The highest BCUT2D eigenvalue weighted by atomic mass is 16.5. The van der Waals surface area contributed by atoms with Crippen molar-refractivity contribution in [2.75, 3.05) is 19.0 Å². The molecule has 0 heterocycles. The molecule has 0 aliphatic rings. The van der Waals surface area contributed by atoms with Gasteiger partial charge in [-0.3, -0.25) is 4.79 Å². The van der Waals surface area contributed by atoms with Crippen LogP contribution in [-0.2, 0) is 14.3 Å². The van der Waals surface area contributed by atoms with Gasteiger partial charge < -0.3 is 14.8 Å². The molecule has 1 N–H and O–H groups in total. The summed E-state index contributed by atoms with van der Waals surface area (Å²) in [6.45, 7) is 1.66. The molecule has 0 bridgehead atoms. The maximum atomic E-state index is 12.6. The van der Waals surface area contributed by atoms with Gasteiger partial charge in [0.1, 0.15) is 12.7 Å². The van der Waals surface area contributed by atoms with Crippen molar-refractivity contribution in [3.05, 3.63) is 101 Å². The molecular formula is C24H23NO4. The van der Waals surface area contributed by atoms with Crippen LogP contribution in [0.3, 0.4) is 0 Å². The Kier molecular flexibility index (Phi) is 6.76. The maximum Gasteiger partial charge on any atom is 0.339 e. The van der Waals surface area contributed by atoms with Gasteiger partial charge in [0.25, 0.3) is 0 Å². The molecule has 0 radical (unpaired) electrons. The number of hydrogen-bond acceptors (Lipinski definition) is 4. The van der Waals surface area contributed by atoms with Gasteiger partial charge in [-0.1, -0.05) is 72.8 Å². The van der Waals surface area contributed by atoms with Crippen molar-refractivity contribution in [2.24, 2.45) is 0 Å². The van der Waals surface area contributed by atoms with E-state index in [0.29, 0.717) is 11.3 Å². The van der Waals surface area contributed by atoms with Gasteiger partial charge in [0.2, 0.25) is 5.91 Å². The van der Waals surface area contributed by atoms with Gasteiger partial charge in [-0.25, -0.2) is 4.79 Å². The molecule has 3 aromatic rings. The number of para-hydroxylation sites is 1. The first-order chi connectivity index (χ1) is 14.1. The van der Waals surface area contributed by atoms with Crippen LogP contribution in [0.5, 0.6) is 0 Å². The Balaban J connectivity index is 1.76. The van der Waals surface area contributed by atoms with Crippen LogP contribution in [-0.4, -0.2) is 25.6 Å². The third kappa shape index (κ3) is 5.09. The monoisotopic (exact) mass is 389 g/mol. The zero-order valence-electron chi connectivity index (χ0n) is 16.4. The highest BCUT2D eigenvalue weighted by Crippen LogP contribution is 2.26. The van der Waals surface area contributed by atoms with Crippen LogP contribution in [0, 0.1) is 6.92 Å². The second-order valence-corrected chi connectivity index (χ2v) is 6.55. The van der Waals surface area contributed by atoms with Gasteiger partial charge in [-0.15, -0.1) is 0 Å². The van der Waals surface area contributed by atoms with E-state index < -0.39 is 5.97 Å². The van der Waals surface area contributed by atoms with E-state index in [-0.39, 0.29) is 18.6 Å². The summed E-state index contributed by atoms with van der Waals surface area (Å²) < 4.78 is 10.8. The average molecular weight is 389 g/mol. The van der Waals surface area contributed by atoms with Gasteiger partial charge in [-0.2, -0.15) is 0 Å². The van der Waals surface area contributed by atoms with Crippen molar-refractivity contribution in [3.8, 4) is 0 Å². The number of benzene rings is 3. The van der Waals surface area contributed by atoms with Crippen LogP contribution < -0.4 is 5.32 Å². The van der Waals surface area contributed by atoms with Gasteiger partial charge in [0, 0.05) is 0 Å². The molecule has 29 heavy (non-hydrogen) atoms. The number of aryl methyl sites for hydroxylation is 1. The quantitative estimate of drug-likeness (QED) is 0.603. The number of carbonyl (C=O) groups is 2. The topological polar surface area (TPSA) is 64.6 Å². The lowest BCUT2D eigenvalue weighted by Gasteiger charge is -2.19. The molecule has 3 rings (SSSR count). The molecule has 0 aliphatic carbocycles. The molecule has 5 nitrogen and oxygen atoms in total. The molecule has 1 amide bonds. The number of hydrogen-bond donors (Lipinski definition) is 1. The van der Waals surface area contributed by atoms with E-state index in [2.05, 4.69) is 5.32 Å². The van der Waals surface area contributed by atoms with E-state index >= 15 is 0 Å². The van der Waals surface area contributed by atoms with Gasteiger partial charge >= 0.3 is 5.97 Å². The van der Waals surface area contributed by atoms with E-state index in [9.17, 15) is 9.59 Å². The number of anilines is 1. The highest BCUT2D eigenvalue weighted by molar-refractivity contribution is 6.02. The molecular weight excluding hydrogens is 366 g/mol. The minimum Gasteiger partial charge on any atom is -0.465 e. The number of methoxy groups -OCH3 is 1. The van der Waals surface area contributed by atoms with Crippen LogP contribution in [0.4, 0.5) is 5.69 Å². The summed E-state index contributed by atoms with van der Waals surface area (Å²) in [6, 6.07) is 24.7. The van der Waals surface area contributed by atoms with Gasteiger partial charge in [0.05, 0.1) is 18.4 Å². The molecule has 0 saturated carbocycles. The maximum absolute atomic E-state index is 12.6. The van der Waals surface area contributed by atoms with Crippen molar-refractivity contribution < 1.29 is 19.1 Å². The molecule has 0 aromatic heterocycles. The SMILES string of the molecule is COC(=O)c1cccc(C)c1NC(=O)COC(c1ccccc1)c1ccccc1. The van der Waals surface area contributed by atoms with Crippen molar-refractivity contribution in [2.45, 2.75) is 13.0 Å². The van der Waals surface area contributed by atoms with Crippen LogP contribution >= 0.6 is 0 Å². The van der Waals surface area contributed by atoms with Gasteiger partial charge in [0.15, 0.2) is 0 Å². The predicted molar refractivity (Wildman–Crippen MR) is 112 cm³/mol. The molecule has 0 saturated heterocycles. The fourth-order valence-corrected chi connectivity index (χ4v) is 3.09. The molecule has 0 fully saturated rings. The van der Waals surface area contributed by atoms with Crippen LogP contribution in [0.2, 0.25) is 0 Å². The number of ether oxygens (including phenoxy) is 2. The van der Waals surface area contributed by atoms with Gasteiger partial charge in [-0.05, 0) is 29.7 Å². The third-order valence-electron chi connectivity index (χ3n) is 4.53. The van der Waals surface area contributed by atoms with Crippen LogP contribution in [0.25, 0.3) is 0 Å². The number of rotatable bonds is 7. The molecule has 0 atom stereocenters. The second kappa shape index (κ2) is 9.66. The lowest BCUT2D eigenvalue weighted by Crippen LogP contribution is -2.22. The standard InChI is InChI=1S/C24H23NO4/c1-17-10-9-15-20(24(27)28-2)22(17)25-21(26)16-29-23(18-11-5-3-6-12-18)19-13-7-4-8-14-19/h3-15,23H,16H2,1-2H3,(H,25,26). The number of esters is 1. The van der Waals surface area contributed by atoms with Crippen LogP contribution in [0.15, 0.2) is 78.9 Å². The first-order valence-corrected chi connectivity index (χ1v) is 9.29. The molecule has 148 valence electrons. The summed E-state index contributed by atoms with van der Waals surface area (Å²) in [5, 5.41) is 2.79. The largest absolute Gasteiger partial charge is 0.465 e. The van der Waals surface area contributed by atoms with Crippen molar-refractivity contribution >= 4 is 17.6 Å². The molecule has 5 heteroatoms. The molecule has 0 spiro atoms. The zero-order chi connectivity index (χ0) is 20.6. The Hall–Kier alpha value is -3.44. The van der Waals surface area contributed by atoms with E-state index in [0.717, 1.165) is 16.7 Å². The number of carbonyl (C=O) groups excluding carboxylic acids is 2. The predicted octanol–water partition coefficient (Wildman–Crippen LogP) is 4.53. The Morgan fingerprint density at radius 1 is 0.862 bits per heavy atom. The number of nitrogens with one attached hydrogen (secondary N) is 1. The summed E-state index contributed by atoms with van der Waals surface area (Å²) in [6.07, 6.45) is -0.375. The lowest BCUT2D eigenvalue weighted by molar-refractivity contribution is -0.121.